The minimum absolute atomic E-state index is 0.0578. The van der Waals surface area contributed by atoms with E-state index in [1.807, 2.05) is 13.0 Å². The number of carbonyl (C=O) groups is 1. The second kappa shape index (κ2) is 8.81. The fourth-order valence-corrected chi connectivity index (χ4v) is 4.13. The Morgan fingerprint density at radius 1 is 1.17 bits per heavy atom. The predicted molar refractivity (Wildman–Crippen MR) is 114 cm³/mol. The summed E-state index contributed by atoms with van der Waals surface area (Å²) in [4.78, 5) is 14.2. The molecule has 0 fully saturated rings. The SMILES string of the molecule is COc1ccc(Cl)cc1NS(=O)(=O)c1cccc(C(=O)N(C)Cc2ccc(C)o2)c1. The second-order valence-electron chi connectivity index (χ2n) is 6.65. The molecule has 3 aromatic rings. The molecule has 0 saturated carbocycles. The molecule has 3 rings (SSSR count). The highest BCUT2D eigenvalue weighted by atomic mass is 35.5. The molecular weight excluding hydrogens is 428 g/mol. The van der Waals surface area contributed by atoms with Crippen LogP contribution < -0.4 is 9.46 Å². The molecule has 0 spiro atoms. The molecule has 1 aromatic heterocycles. The highest BCUT2D eigenvalue weighted by Gasteiger charge is 2.20. The number of amides is 1. The molecule has 158 valence electrons. The van der Waals surface area contributed by atoms with Crippen molar-refractivity contribution in [3.63, 3.8) is 0 Å². The van der Waals surface area contributed by atoms with Gasteiger partial charge in [0.1, 0.15) is 17.3 Å². The first-order valence-electron chi connectivity index (χ1n) is 8.97. The molecule has 0 bridgehead atoms. The third-order valence-corrected chi connectivity index (χ3v) is 5.93. The summed E-state index contributed by atoms with van der Waals surface area (Å²) in [6.07, 6.45) is 0. The zero-order valence-electron chi connectivity index (χ0n) is 16.7. The van der Waals surface area contributed by atoms with Gasteiger partial charge in [0, 0.05) is 17.6 Å². The lowest BCUT2D eigenvalue weighted by atomic mass is 10.2. The van der Waals surface area contributed by atoms with Crippen LogP contribution in [0.1, 0.15) is 21.9 Å². The van der Waals surface area contributed by atoms with E-state index in [0.29, 0.717) is 16.5 Å². The van der Waals surface area contributed by atoms with E-state index >= 15 is 0 Å². The molecule has 2 aromatic carbocycles. The fraction of sp³-hybridized carbons (Fsp3) is 0.190. The van der Waals surface area contributed by atoms with Crippen LogP contribution in [0.15, 0.2) is 63.9 Å². The first-order chi connectivity index (χ1) is 14.2. The molecule has 1 N–H and O–H groups in total. The van der Waals surface area contributed by atoms with Crippen molar-refractivity contribution in [2.75, 3.05) is 18.9 Å². The molecule has 0 aliphatic carbocycles. The van der Waals surface area contributed by atoms with Crippen LogP contribution >= 0.6 is 11.6 Å². The average Bonchev–Trinajstić information content (AvgIpc) is 3.12. The van der Waals surface area contributed by atoms with Gasteiger partial charge in [-0.15, -0.1) is 0 Å². The number of aryl methyl sites for hydroxylation is 1. The maximum Gasteiger partial charge on any atom is 0.262 e. The molecule has 7 nitrogen and oxygen atoms in total. The van der Waals surface area contributed by atoms with Crippen molar-refractivity contribution in [2.45, 2.75) is 18.4 Å². The van der Waals surface area contributed by atoms with Crippen molar-refractivity contribution in [3.05, 3.63) is 76.7 Å². The van der Waals surface area contributed by atoms with E-state index < -0.39 is 10.0 Å². The van der Waals surface area contributed by atoms with Gasteiger partial charge in [-0.25, -0.2) is 8.42 Å². The third-order valence-electron chi connectivity index (χ3n) is 4.33. The number of carbonyl (C=O) groups excluding carboxylic acids is 1. The molecule has 0 atom stereocenters. The molecule has 9 heteroatoms. The summed E-state index contributed by atoms with van der Waals surface area (Å²) >= 11 is 5.97. The smallest absolute Gasteiger partial charge is 0.262 e. The van der Waals surface area contributed by atoms with Gasteiger partial charge in [0.2, 0.25) is 0 Å². The quantitative estimate of drug-likeness (QED) is 0.581. The molecule has 30 heavy (non-hydrogen) atoms. The van der Waals surface area contributed by atoms with Crippen molar-refractivity contribution >= 4 is 33.2 Å². The second-order valence-corrected chi connectivity index (χ2v) is 8.77. The van der Waals surface area contributed by atoms with Gasteiger partial charge >= 0.3 is 0 Å². The predicted octanol–water partition coefficient (Wildman–Crippen LogP) is 4.32. The number of ether oxygens (including phenoxy) is 1. The third kappa shape index (κ3) is 4.95. The van der Waals surface area contributed by atoms with Crippen molar-refractivity contribution in [1.82, 2.24) is 4.90 Å². The lowest BCUT2D eigenvalue weighted by molar-refractivity contribution is 0.0774. The molecule has 1 amide bonds. The normalized spacial score (nSPS) is 11.2. The van der Waals surface area contributed by atoms with E-state index in [-0.39, 0.29) is 28.6 Å². The number of nitrogens with zero attached hydrogens (tertiary/aromatic N) is 1. The number of rotatable bonds is 7. The van der Waals surface area contributed by atoms with Gasteiger partial charge in [0.05, 0.1) is 24.2 Å². The van der Waals surface area contributed by atoms with Crippen molar-refractivity contribution < 1.29 is 22.4 Å². The maximum atomic E-state index is 12.9. The molecule has 0 aliphatic rings. The number of benzene rings is 2. The Kier molecular flexibility index (Phi) is 6.38. The van der Waals surface area contributed by atoms with Crippen LogP contribution in [0.25, 0.3) is 0 Å². The van der Waals surface area contributed by atoms with Crippen LogP contribution in [0, 0.1) is 6.92 Å². The Morgan fingerprint density at radius 3 is 2.60 bits per heavy atom. The summed E-state index contributed by atoms with van der Waals surface area (Å²) in [5.74, 6) is 1.38. The zero-order valence-corrected chi connectivity index (χ0v) is 18.3. The van der Waals surface area contributed by atoms with Gasteiger partial charge in [0.25, 0.3) is 15.9 Å². The van der Waals surface area contributed by atoms with Crippen LogP contribution in [0.4, 0.5) is 5.69 Å². The number of hydrogen-bond donors (Lipinski definition) is 1. The van der Waals surface area contributed by atoms with Crippen LogP contribution in [0.2, 0.25) is 5.02 Å². The molecule has 0 aliphatic heterocycles. The Labute approximate surface area is 180 Å². The number of halogens is 1. The number of sulfonamides is 1. The number of furan rings is 1. The zero-order chi connectivity index (χ0) is 21.9. The van der Waals surface area contributed by atoms with E-state index in [1.165, 1.54) is 36.3 Å². The summed E-state index contributed by atoms with van der Waals surface area (Å²) in [5, 5.41) is 0.354. The van der Waals surface area contributed by atoms with Crippen molar-refractivity contribution in [2.24, 2.45) is 0 Å². The first kappa shape index (κ1) is 21.7. The van der Waals surface area contributed by atoms with E-state index in [9.17, 15) is 13.2 Å². The summed E-state index contributed by atoms with van der Waals surface area (Å²) < 4.78 is 38.9. The highest BCUT2D eigenvalue weighted by Crippen LogP contribution is 2.30. The van der Waals surface area contributed by atoms with Crippen molar-refractivity contribution in [1.29, 1.82) is 0 Å². The average molecular weight is 449 g/mol. The Bertz CT molecular complexity index is 1170. The standard InChI is InChI=1S/C21H21ClN2O5S/c1-14-7-9-17(29-14)13-24(2)21(25)15-5-4-6-18(11-15)30(26,27)23-19-12-16(22)8-10-20(19)28-3/h4-12,23H,13H2,1-3H3. The molecule has 0 radical (unpaired) electrons. The first-order valence-corrected chi connectivity index (χ1v) is 10.8. The van der Waals surface area contributed by atoms with Crippen LogP contribution in [-0.4, -0.2) is 33.4 Å². The van der Waals surface area contributed by atoms with Gasteiger partial charge in [-0.3, -0.25) is 9.52 Å². The van der Waals surface area contributed by atoms with E-state index in [4.69, 9.17) is 20.8 Å². The van der Waals surface area contributed by atoms with E-state index in [0.717, 1.165) is 5.76 Å². The Morgan fingerprint density at radius 2 is 1.93 bits per heavy atom. The number of methoxy groups -OCH3 is 1. The molecule has 1 heterocycles. The van der Waals surface area contributed by atoms with E-state index in [1.54, 1.807) is 31.3 Å². The van der Waals surface area contributed by atoms with Crippen LogP contribution in [0.5, 0.6) is 5.75 Å². The highest BCUT2D eigenvalue weighted by molar-refractivity contribution is 7.92. The number of anilines is 1. The van der Waals surface area contributed by atoms with Crippen LogP contribution in [0.3, 0.4) is 0 Å². The number of hydrogen-bond acceptors (Lipinski definition) is 5. The Hall–Kier alpha value is -2.97. The van der Waals surface area contributed by atoms with Gasteiger partial charge in [-0.1, -0.05) is 17.7 Å². The fourth-order valence-electron chi connectivity index (χ4n) is 2.86. The molecule has 0 saturated heterocycles. The largest absolute Gasteiger partial charge is 0.495 e. The van der Waals surface area contributed by atoms with Crippen molar-refractivity contribution in [3.8, 4) is 5.75 Å². The number of nitrogens with one attached hydrogen (secondary N) is 1. The van der Waals surface area contributed by atoms with Gasteiger partial charge < -0.3 is 14.1 Å². The lowest BCUT2D eigenvalue weighted by Crippen LogP contribution is -2.26. The summed E-state index contributed by atoms with van der Waals surface area (Å²) in [7, 11) is -0.929. The summed E-state index contributed by atoms with van der Waals surface area (Å²) in [6, 6.07) is 14.0. The topological polar surface area (TPSA) is 88.8 Å². The maximum absolute atomic E-state index is 12.9. The minimum atomic E-state index is -3.98. The van der Waals surface area contributed by atoms with Gasteiger partial charge in [-0.2, -0.15) is 0 Å². The summed E-state index contributed by atoms with van der Waals surface area (Å²) in [5.41, 5.74) is 0.439. The minimum Gasteiger partial charge on any atom is -0.495 e. The summed E-state index contributed by atoms with van der Waals surface area (Å²) in [6.45, 7) is 2.09. The lowest BCUT2D eigenvalue weighted by Gasteiger charge is -2.17. The molecule has 0 unspecified atom stereocenters. The molecular formula is C21H21ClN2O5S. The van der Waals surface area contributed by atoms with Gasteiger partial charge in [-0.05, 0) is 55.5 Å². The van der Waals surface area contributed by atoms with E-state index in [2.05, 4.69) is 4.72 Å². The Balaban J connectivity index is 1.83. The monoisotopic (exact) mass is 448 g/mol. The van der Waals surface area contributed by atoms with Gasteiger partial charge in [0.15, 0.2) is 0 Å². The van der Waals surface area contributed by atoms with Crippen LogP contribution in [-0.2, 0) is 16.6 Å².